The third kappa shape index (κ3) is 4.45. The minimum Gasteiger partial charge on any atom is -0.490 e. The molecule has 1 atom stereocenters. The molecule has 29 heavy (non-hydrogen) atoms. The van der Waals surface area contributed by atoms with Gasteiger partial charge in [0.2, 0.25) is 5.75 Å². The van der Waals surface area contributed by atoms with E-state index in [-0.39, 0.29) is 36.8 Å². The topological polar surface area (TPSA) is 77.1 Å². The summed E-state index contributed by atoms with van der Waals surface area (Å²) in [6.45, 7) is 6.64. The van der Waals surface area contributed by atoms with Crippen molar-refractivity contribution in [1.82, 2.24) is 4.90 Å². The fourth-order valence-electron chi connectivity index (χ4n) is 3.18. The van der Waals surface area contributed by atoms with Gasteiger partial charge in [0, 0.05) is 18.7 Å². The van der Waals surface area contributed by atoms with Crippen molar-refractivity contribution < 1.29 is 23.8 Å². The second kappa shape index (κ2) is 9.32. The summed E-state index contributed by atoms with van der Waals surface area (Å²) in [5.74, 6) is 0.666. The Morgan fingerprint density at radius 1 is 1.03 bits per heavy atom. The van der Waals surface area contributed by atoms with E-state index in [4.69, 9.17) is 14.2 Å². The number of amides is 1. The van der Waals surface area contributed by atoms with Crippen molar-refractivity contribution in [3.8, 4) is 17.2 Å². The molecule has 0 fully saturated rings. The molecule has 1 N–H and O–H groups in total. The van der Waals surface area contributed by atoms with E-state index in [0.717, 1.165) is 5.69 Å². The third-order valence-electron chi connectivity index (χ3n) is 4.60. The Hall–Kier alpha value is -3.22. The quantitative estimate of drug-likeness (QED) is 0.540. The molecule has 2 aromatic rings. The highest BCUT2D eigenvalue weighted by molar-refractivity contribution is 6.01. The van der Waals surface area contributed by atoms with Gasteiger partial charge in [-0.25, -0.2) is 0 Å². The number of nitrogens with zero attached hydrogens (tertiary/aromatic N) is 1. The fourth-order valence-corrected chi connectivity index (χ4v) is 3.18. The number of hydrogen-bond donors (Lipinski definition) is 1. The van der Waals surface area contributed by atoms with E-state index in [2.05, 4.69) is 5.32 Å². The Morgan fingerprint density at radius 2 is 1.76 bits per heavy atom. The molecule has 0 radical (unpaired) electrons. The van der Waals surface area contributed by atoms with Gasteiger partial charge < -0.3 is 24.4 Å². The Balaban J connectivity index is 1.82. The molecular formula is C22H26N2O5. The lowest BCUT2D eigenvalue weighted by atomic mass is 10.1. The zero-order valence-corrected chi connectivity index (χ0v) is 16.9. The Bertz CT molecular complexity index is 883. The van der Waals surface area contributed by atoms with Crippen molar-refractivity contribution in [2.24, 2.45) is 0 Å². The number of benzene rings is 2. The van der Waals surface area contributed by atoms with Crippen LogP contribution in [0.2, 0.25) is 0 Å². The largest absolute Gasteiger partial charge is 0.490 e. The van der Waals surface area contributed by atoms with Gasteiger partial charge in [-0.05, 0) is 38.1 Å². The standard InChI is InChI=1S/C22H26N2O5/c1-4-20(25)29-21-17(27-6-3)12-9-13-18(21)28-14-19-23-16-11-8-7-10-15(16)22(26)24(19)5-2/h7-13,19,23H,4-6,14H2,1-3H3. The van der Waals surface area contributed by atoms with Gasteiger partial charge in [-0.3, -0.25) is 9.59 Å². The van der Waals surface area contributed by atoms with E-state index in [9.17, 15) is 9.59 Å². The van der Waals surface area contributed by atoms with Crippen molar-refractivity contribution in [2.75, 3.05) is 25.1 Å². The van der Waals surface area contributed by atoms with Crippen molar-refractivity contribution in [1.29, 1.82) is 0 Å². The van der Waals surface area contributed by atoms with Crippen molar-refractivity contribution in [3.63, 3.8) is 0 Å². The highest BCUT2D eigenvalue weighted by Gasteiger charge is 2.31. The first-order valence-corrected chi connectivity index (χ1v) is 9.84. The second-order valence-electron chi connectivity index (χ2n) is 6.45. The van der Waals surface area contributed by atoms with Crippen molar-refractivity contribution in [2.45, 2.75) is 33.4 Å². The van der Waals surface area contributed by atoms with E-state index in [1.54, 1.807) is 36.1 Å². The molecule has 0 aromatic heterocycles. The molecule has 3 rings (SSSR count). The number of fused-ring (bicyclic) bond motifs is 1. The lowest BCUT2D eigenvalue weighted by Crippen LogP contribution is -2.51. The molecule has 0 saturated heterocycles. The minimum absolute atomic E-state index is 0.0452. The number of anilines is 1. The summed E-state index contributed by atoms with van der Waals surface area (Å²) >= 11 is 0. The molecule has 1 aliphatic heterocycles. The molecule has 0 spiro atoms. The van der Waals surface area contributed by atoms with E-state index in [1.165, 1.54) is 0 Å². The number of hydrogen-bond acceptors (Lipinski definition) is 6. The first-order valence-electron chi connectivity index (χ1n) is 9.84. The number of rotatable bonds is 8. The average molecular weight is 398 g/mol. The van der Waals surface area contributed by atoms with Gasteiger partial charge in [0.25, 0.3) is 5.91 Å². The van der Waals surface area contributed by atoms with E-state index < -0.39 is 0 Å². The number of ether oxygens (including phenoxy) is 3. The average Bonchev–Trinajstić information content (AvgIpc) is 2.74. The van der Waals surface area contributed by atoms with Gasteiger partial charge in [0.15, 0.2) is 11.5 Å². The smallest absolute Gasteiger partial charge is 0.311 e. The summed E-state index contributed by atoms with van der Waals surface area (Å²) in [4.78, 5) is 26.4. The van der Waals surface area contributed by atoms with E-state index in [1.807, 2.05) is 32.0 Å². The van der Waals surface area contributed by atoms with Gasteiger partial charge in [0.05, 0.1) is 12.2 Å². The Labute approximate surface area is 170 Å². The molecule has 2 aromatic carbocycles. The van der Waals surface area contributed by atoms with E-state index >= 15 is 0 Å². The first-order chi connectivity index (χ1) is 14.1. The van der Waals surface area contributed by atoms with Crippen LogP contribution < -0.4 is 19.5 Å². The number of likely N-dealkylation sites (N-methyl/N-ethyl adjacent to an activating group) is 1. The van der Waals surface area contributed by atoms with Crippen LogP contribution >= 0.6 is 0 Å². The van der Waals surface area contributed by atoms with Crippen LogP contribution in [0.4, 0.5) is 5.69 Å². The van der Waals surface area contributed by atoms with Crippen LogP contribution in [0.25, 0.3) is 0 Å². The molecule has 0 bridgehead atoms. The maximum atomic E-state index is 12.8. The second-order valence-corrected chi connectivity index (χ2v) is 6.45. The molecule has 1 unspecified atom stereocenters. The summed E-state index contributed by atoms with van der Waals surface area (Å²) in [6, 6.07) is 12.6. The summed E-state index contributed by atoms with van der Waals surface area (Å²) in [5, 5.41) is 3.35. The van der Waals surface area contributed by atoms with Gasteiger partial charge in [-0.2, -0.15) is 0 Å². The van der Waals surface area contributed by atoms with Crippen LogP contribution in [-0.2, 0) is 4.79 Å². The number of nitrogens with one attached hydrogen (secondary N) is 1. The maximum Gasteiger partial charge on any atom is 0.311 e. The SMILES string of the molecule is CCOc1cccc(OCC2Nc3ccccc3C(=O)N2CC)c1OC(=O)CC. The lowest BCUT2D eigenvalue weighted by Gasteiger charge is -2.37. The summed E-state index contributed by atoms with van der Waals surface area (Å²) in [6.07, 6.45) is -0.119. The van der Waals surface area contributed by atoms with Crippen molar-refractivity contribution >= 4 is 17.6 Å². The Morgan fingerprint density at radius 3 is 2.45 bits per heavy atom. The van der Waals surface area contributed by atoms with Crippen LogP contribution in [0.5, 0.6) is 17.2 Å². The first kappa shape index (κ1) is 20.5. The third-order valence-corrected chi connectivity index (χ3v) is 4.60. The zero-order chi connectivity index (χ0) is 20.8. The van der Waals surface area contributed by atoms with Crippen LogP contribution in [0.3, 0.4) is 0 Å². The molecule has 0 saturated carbocycles. The lowest BCUT2D eigenvalue weighted by molar-refractivity contribution is -0.134. The van der Waals surface area contributed by atoms with Gasteiger partial charge >= 0.3 is 5.97 Å². The van der Waals surface area contributed by atoms with Gasteiger partial charge in [0.1, 0.15) is 12.8 Å². The molecule has 1 aliphatic rings. The van der Waals surface area contributed by atoms with Gasteiger partial charge in [-0.15, -0.1) is 0 Å². The highest BCUT2D eigenvalue weighted by Crippen LogP contribution is 2.38. The maximum absolute atomic E-state index is 12.8. The fraction of sp³-hybridized carbons (Fsp3) is 0.364. The summed E-state index contributed by atoms with van der Waals surface area (Å²) in [5.41, 5.74) is 1.41. The van der Waals surface area contributed by atoms with Crippen LogP contribution in [0.15, 0.2) is 42.5 Å². The monoisotopic (exact) mass is 398 g/mol. The van der Waals surface area contributed by atoms with E-state index in [0.29, 0.717) is 30.2 Å². The number of carbonyl (C=O) groups excluding carboxylic acids is 2. The zero-order valence-electron chi connectivity index (χ0n) is 16.9. The van der Waals surface area contributed by atoms with Crippen LogP contribution in [0, 0.1) is 0 Å². The van der Waals surface area contributed by atoms with Crippen molar-refractivity contribution in [3.05, 3.63) is 48.0 Å². The van der Waals surface area contributed by atoms with Crippen LogP contribution in [0.1, 0.15) is 37.6 Å². The molecule has 154 valence electrons. The number of carbonyl (C=O) groups is 2. The Kier molecular flexibility index (Phi) is 6.59. The molecule has 7 heteroatoms. The number of para-hydroxylation sites is 2. The van der Waals surface area contributed by atoms with Gasteiger partial charge in [-0.1, -0.05) is 25.1 Å². The molecule has 1 amide bonds. The molecular weight excluding hydrogens is 372 g/mol. The summed E-state index contributed by atoms with van der Waals surface area (Å²) in [7, 11) is 0. The highest BCUT2D eigenvalue weighted by atomic mass is 16.6. The molecule has 0 aliphatic carbocycles. The normalized spacial score (nSPS) is 15.3. The predicted molar refractivity (Wildman–Crippen MR) is 110 cm³/mol. The number of esters is 1. The molecule has 1 heterocycles. The molecule has 7 nitrogen and oxygen atoms in total. The van der Waals surface area contributed by atoms with Crippen LogP contribution in [-0.4, -0.2) is 42.7 Å². The summed E-state index contributed by atoms with van der Waals surface area (Å²) < 4.78 is 17.0. The predicted octanol–water partition coefficient (Wildman–Crippen LogP) is 3.69. The minimum atomic E-state index is -0.378.